The lowest BCUT2D eigenvalue weighted by Gasteiger charge is -2.29. The smallest absolute Gasteiger partial charge is 0.195 e. The van der Waals surface area contributed by atoms with Gasteiger partial charge >= 0.3 is 0 Å². The Morgan fingerprint density at radius 3 is 2.44 bits per heavy atom. The van der Waals surface area contributed by atoms with E-state index in [1.54, 1.807) is 0 Å². The number of hydrogen-bond donors (Lipinski definition) is 0. The van der Waals surface area contributed by atoms with Crippen LogP contribution in [0, 0.1) is 13.8 Å². The predicted octanol–water partition coefficient (Wildman–Crippen LogP) is 3.30. The molecule has 0 radical (unpaired) electrons. The lowest BCUT2D eigenvalue weighted by atomic mass is 9.95. The molecule has 0 atom stereocenters. The fourth-order valence-electron chi connectivity index (χ4n) is 2.46. The van der Waals surface area contributed by atoms with Crippen LogP contribution in [0.2, 0.25) is 0 Å². The van der Waals surface area contributed by atoms with E-state index in [-0.39, 0.29) is 0 Å². The van der Waals surface area contributed by atoms with Crippen LogP contribution in [-0.2, 0) is 15.3 Å². The summed E-state index contributed by atoms with van der Waals surface area (Å²) >= 11 is 0. The van der Waals surface area contributed by atoms with Crippen molar-refractivity contribution in [1.29, 1.82) is 0 Å². The Labute approximate surface area is 97.6 Å². The molecule has 2 nitrogen and oxygen atoms in total. The topological polar surface area (TPSA) is 18.5 Å². The maximum Gasteiger partial charge on any atom is 0.195 e. The number of benzene rings is 1. The Morgan fingerprint density at radius 1 is 1.19 bits per heavy atom. The van der Waals surface area contributed by atoms with Gasteiger partial charge in [0, 0.05) is 12.0 Å². The third-order valence-corrected chi connectivity index (χ3v) is 3.13. The van der Waals surface area contributed by atoms with E-state index in [9.17, 15) is 0 Å². The molecule has 2 rings (SSSR count). The normalized spacial score (nSPS) is 18.9. The number of aryl methyl sites for hydroxylation is 2. The van der Waals surface area contributed by atoms with Gasteiger partial charge in [0.05, 0.1) is 13.2 Å². The maximum atomic E-state index is 5.87. The van der Waals surface area contributed by atoms with Gasteiger partial charge in [-0.3, -0.25) is 0 Å². The molecule has 1 aliphatic heterocycles. The zero-order chi connectivity index (χ0) is 11.6. The first kappa shape index (κ1) is 11.6. The van der Waals surface area contributed by atoms with E-state index in [1.165, 1.54) is 16.7 Å². The number of ether oxygens (including phenoxy) is 2. The molecule has 0 N–H and O–H groups in total. The quantitative estimate of drug-likeness (QED) is 0.778. The van der Waals surface area contributed by atoms with Gasteiger partial charge in [-0.2, -0.15) is 0 Å². The van der Waals surface area contributed by atoms with Crippen molar-refractivity contribution in [3.05, 3.63) is 34.9 Å². The second-order valence-corrected chi connectivity index (χ2v) is 4.52. The SMILES string of the molecule is CCCC1(c2ccc(C)cc2C)OCCO1. The molecule has 1 aliphatic rings. The third kappa shape index (κ3) is 2.00. The molecular formula is C14H20O2. The molecule has 1 fully saturated rings. The minimum Gasteiger partial charge on any atom is -0.343 e. The van der Waals surface area contributed by atoms with Crippen LogP contribution in [0.1, 0.15) is 36.5 Å². The van der Waals surface area contributed by atoms with Crippen LogP contribution >= 0.6 is 0 Å². The molecule has 1 aromatic carbocycles. The van der Waals surface area contributed by atoms with Crippen molar-refractivity contribution in [2.24, 2.45) is 0 Å². The highest BCUT2D eigenvalue weighted by Gasteiger charge is 2.38. The largest absolute Gasteiger partial charge is 0.343 e. The molecule has 0 aliphatic carbocycles. The Hall–Kier alpha value is -0.860. The highest BCUT2D eigenvalue weighted by Crippen LogP contribution is 2.37. The summed E-state index contributed by atoms with van der Waals surface area (Å²) in [7, 11) is 0. The zero-order valence-corrected chi connectivity index (χ0v) is 10.4. The van der Waals surface area contributed by atoms with E-state index >= 15 is 0 Å². The molecule has 1 heterocycles. The van der Waals surface area contributed by atoms with Crippen molar-refractivity contribution >= 4 is 0 Å². The highest BCUT2D eigenvalue weighted by atomic mass is 16.7. The van der Waals surface area contributed by atoms with Crippen LogP contribution in [0.4, 0.5) is 0 Å². The second-order valence-electron chi connectivity index (χ2n) is 4.52. The fraction of sp³-hybridized carbons (Fsp3) is 0.571. The van der Waals surface area contributed by atoms with Crippen molar-refractivity contribution < 1.29 is 9.47 Å². The molecule has 0 aromatic heterocycles. The Morgan fingerprint density at radius 2 is 1.88 bits per heavy atom. The van der Waals surface area contributed by atoms with Crippen LogP contribution in [0.25, 0.3) is 0 Å². The molecule has 0 saturated carbocycles. The van der Waals surface area contributed by atoms with Gasteiger partial charge in [-0.05, 0) is 19.4 Å². The Kier molecular flexibility index (Phi) is 3.31. The standard InChI is InChI=1S/C14H20O2/c1-4-7-14(15-8-9-16-14)13-6-5-11(2)10-12(13)3/h5-6,10H,4,7-9H2,1-3H3. The lowest BCUT2D eigenvalue weighted by molar-refractivity contribution is -0.171. The molecule has 2 heteroatoms. The van der Waals surface area contributed by atoms with Crippen LogP contribution in [-0.4, -0.2) is 13.2 Å². The molecule has 0 spiro atoms. The summed E-state index contributed by atoms with van der Waals surface area (Å²) in [5.74, 6) is -0.480. The fourth-order valence-corrected chi connectivity index (χ4v) is 2.46. The van der Waals surface area contributed by atoms with E-state index in [0.29, 0.717) is 13.2 Å². The van der Waals surface area contributed by atoms with Gasteiger partial charge in [0.15, 0.2) is 5.79 Å². The van der Waals surface area contributed by atoms with Crippen LogP contribution in [0.5, 0.6) is 0 Å². The number of hydrogen-bond acceptors (Lipinski definition) is 2. The summed E-state index contributed by atoms with van der Waals surface area (Å²) in [6.45, 7) is 7.81. The first-order valence-electron chi connectivity index (χ1n) is 6.03. The summed E-state index contributed by atoms with van der Waals surface area (Å²) in [4.78, 5) is 0. The summed E-state index contributed by atoms with van der Waals surface area (Å²) in [6, 6.07) is 6.47. The predicted molar refractivity (Wildman–Crippen MR) is 64.4 cm³/mol. The third-order valence-electron chi connectivity index (χ3n) is 3.13. The van der Waals surface area contributed by atoms with E-state index in [4.69, 9.17) is 9.47 Å². The first-order chi connectivity index (χ1) is 7.68. The van der Waals surface area contributed by atoms with Gasteiger partial charge in [-0.1, -0.05) is 37.1 Å². The minimum atomic E-state index is -0.480. The molecule has 16 heavy (non-hydrogen) atoms. The van der Waals surface area contributed by atoms with Gasteiger partial charge in [0.2, 0.25) is 0 Å². The van der Waals surface area contributed by atoms with Crippen molar-refractivity contribution in [2.75, 3.05) is 13.2 Å². The highest BCUT2D eigenvalue weighted by molar-refractivity contribution is 5.34. The molecular weight excluding hydrogens is 200 g/mol. The summed E-state index contributed by atoms with van der Waals surface area (Å²) in [5.41, 5.74) is 3.73. The summed E-state index contributed by atoms with van der Waals surface area (Å²) in [6.07, 6.45) is 1.99. The van der Waals surface area contributed by atoms with Crippen molar-refractivity contribution in [3.8, 4) is 0 Å². The van der Waals surface area contributed by atoms with Gasteiger partial charge in [0.25, 0.3) is 0 Å². The summed E-state index contributed by atoms with van der Waals surface area (Å²) < 4.78 is 11.7. The average molecular weight is 220 g/mol. The first-order valence-corrected chi connectivity index (χ1v) is 6.03. The lowest BCUT2D eigenvalue weighted by Crippen LogP contribution is -2.27. The molecule has 88 valence electrons. The van der Waals surface area contributed by atoms with Crippen LogP contribution in [0.3, 0.4) is 0 Å². The van der Waals surface area contributed by atoms with E-state index in [0.717, 1.165) is 12.8 Å². The average Bonchev–Trinajstić information content (AvgIpc) is 2.67. The van der Waals surface area contributed by atoms with Crippen molar-refractivity contribution in [2.45, 2.75) is 39.4 Å². The number of rotatable bonds is 3. The van der Waals surface area contributed by atoms with Crippen molar-refractivity contribution in [3.63, 3.8) is 0 Å². The minimum absolute atomic E-state index is 0.480. The van der Waals surface area contributed by atoms with Gasteiger partial charge in [-0.25, -0.2) is 0 Å². The van der Waals surface area contributed by atoms with E-state index < -0.39 is 5.79 Å². The van der Waals surface area contributed by atoms with Crippen molar-refractivity contribution in [1.82, 2.24) is 0 Å². The molecule has 0 unspecified atom stereocenters. The van der Waals surface area contributed by atoms with Gasteiger partial charge in [-0.15, -0.1) is 0 Å². The van der Waals surface area contributed by atoms with E-state index in [1.807, 2.05) is 0 Å². The zero-order valence-electron chi connectivity index (χ0n) is 10.4. The monoisotopic (exact) mass is 220 g/mol. The molecule has 0 bridgehead atoms. The van der Waals surface area contributed by atoms with E-state index in [2.05, 4.69) is 39.0 Å². The van der Waals surface area contributed by atoms with Crippen LogP contribution in [0.15, 0.2) is 18.2 Å². The van der Waals surface area contributed by atoms with Gasteiger partial charge < -0.3 is 9.47 Å². The van der Waals surface area contributed by atoms with Crippen LogP contribution < -0.4 is 0 Å². The molecule has 1 aromatic rings. The Balaban J connectivity index is 2.38. The molecule has 1 saturated heterocycles. The summed E-state index contributed by atoms with van der Waals surface area (Å²) in [5, 5.41) is 0. The van der Waals surface area contributed by atoms with Gasteiger partial charge in [0.1, 0.15) is 0 Å². The second kappa shape index (κ2) is 4.56. The molecule has 0 amide bonds. The maximum absolute atomic E-state index is 5.87. The Bertz CT molecular complexity index is 365.